The first-order chi connectivity index (χ1) is 36.7. The molecule has 3 heteroatoms. The van der Waals surface area contributed by atoms with Gasteiger partial charge in [-0.05, 0) is 119 Å². The van der Waals surface area contributed by atoms with E-state index in [0.717, 1.165) is 55.9 Å². The maximum Gasteiger partial charge on any atom is 0.160 e. The minimum Gasteiger partial charge on any atom is -0.309 e. The molecule has 0 atom stereocenters. The molecule has 2 heterocycles. The van der Waals surface area contributed by atoms with Gasteiger partial charge in [-0.15, -0.1) is 0 Å². The summed E-state index contributed by atoms with van der Waals surface area (Å²) in [5.41, 5.74) is 17.1. The van der Waals surface area contributed by atoms with E-state index in [0.29, 0.717) is 5.82 Å². The van der Waals surface area contributed by atoms with E-state index >= 15 is 0 Å². The van der Waals surface area contributed by atoms with Gasteiger partial charge >= 0.3 is 0 Å². The van der Waals surface area contributed by atoms with Gasteiger partial charge in [0, 0.05) is 33.2 Å². The first-order valence-corrected chi connectivity index (χ1v) is 25.5. The third kappa shape index (κ3) is 6.33. The zero-order valence-corrected chi connectivity index (χ0v) is 40.3. The smallest absolute Gasteiger partial charge is 0.160 e. The van der Waals surface area contributed by atoms with Crippen LogP contribution in [0.5, 0.6) is 0 Å². The van der Waals surface area contributed by atoms with Gasteiger partial charge in [-0.25, -0.2) is 9.97 Å². The van der Waals surface area contributed by atoms with Crippen molar-refractivity contribution in [2.75, 3.05) is 0 Å². The van der Waals surface area contributed by atoms with Crippen LogP contribution in [0.15, 0.2) is 273 Å². The highest BCUT2D eigenvalue weighted by Crippen LogP contribution is 2.58. The largest absolute Gasteiger partial charge is 0.309 e. The normalized spacial score (nSPS) is 12.7. The molecule has 0 radical (unpaired) electrons. The van der Waals surface area contributed by atoms with E-state index in [-0.39, 0.29) is 0 Å². The van der Waals surface area contributed by atoms with Gasteiger partial charge in [0.15, 0.2) is 5.82 Å². The molecule has 0 unspecified atom stereocenters. The van der Waals surface area contributed by atoms with Crippen LogP contribution in [0.4, 0.5) is 0 Å². The molecular weight excluding hydrogens is 895 g/mol. The summed E-state index contributed by atoms with van der Waals surface area (Å²) in [4.78, 5) is 11.1. The fraction of sp³-hybridized carbons (Fsp3) is 0.0141. The van der Waals surface area contributed by atoms with Crippen molar-refractivity contribution in [3.63, 3.8) is 0 Å². The Morgan fingerprint density at radius 2 is 0.770 bits per heavy atom. The van der Waals surface area contributed by atoms with E-state index in [4.69, 9.17) is 9.97 Å². The topological polar surface area (TPSA) is 30.7 Å². The molecular formula is C71H45N3. The molecule has 344 valence electrons. The summed E-state index contributed by atoms with van der Waals surface area (Å²) >= 11 is 0. The number of hydrogen-bond acceptors (Lipinski definition) is 2. The lowest BCUT2D eigenvalue weighted by atomic mass is 9.67. The number of nitrogens with zero attached hydrogens (tertiary/aromatic N) is 3. The van der Waals surface area contributed by atoms with Crippen molar-refractivity contribution in [1.82, 2.24) is 14.5 Å². The quantitative estimate of drug-likeness (QED) is 0.149. The van der Waals surface area contributed by atoms with Gasteiger partial charge < -0.3 is 4.57 Å². The highest BCUT2D eigenvalue weighted by atomic mass is 15.0. The van der Waals surface area contributed by atoms with Crippen molar-refractivity contribution < 1.29 is 0 Å². The van der Waals surface area contributed by atoms with Gasteiger partial charge in [-0.3, -0.25) is 0 Å². The molecule has 12 aromatic carbocycles. The second kappa shape index (κ2) is 16.7. The Balaban J connectivity index is 1.01. The highest BCUT2D eigenvalue weighted by molar-refractivity contribution is 6.25. The second-order valence-corrected chi connectivity index (χ2v) is 19.6. The number of rotatable bonds is 7. The first kappa shape index (κ1) is 42.0. The first-order valence-electron chi connectivity index (χ1n) is 25.5. The molecule has 15 rings (SSSR count). The zero-order chi connectivity index (χ0) is 48.7. The lowest BCUT2D eigenvalue weighted by Crippen LogP contribution is -2.28. The molecule has 0 saturated heterocycles. The average molecular weight is 940 g/mol. The summed E-state index contributed by atoms with van der Waals surface area (Å²) in [6.07, 6.45) is 0. The minimum atomic E-state index is -0.550. The van der Waals surface area contributed by atoms with Gasteiger partial charge in [-0.1, -0.05) is 231 Å². The number of para-hydroxylation sites is 2. The number of aromatic nitrogens is 3. The summed E-state index contributed by atoms with van der Waals surface area (Å²) < 4.78 is 2.43. The van der Waals surface area contributed by atoms with Crippen LogP contribution in [0.25, 0.3) is 116 Å². The van der Waals surface area contributed by atoms with Gasteiger partial charge in [0.1, 0.15) is 0 Å². The molecule has 1 aliphatic carbocycles. The van der Waals surface area contributed by atoms with Crippen molar-refractivity contribution in [1.29, 1.82) is 0 Å². The monoisotopic (exact) mass is 939 g/mol. The molecule has 0 amide bonds. The van der Waals surface area contributed by atoms with Crippen molar-refractivity contribution in [3.05, 3.63) is 295 Å². The molecule has 2 aromatic heterocycles. The maximum atomic E-state index is 5.55. The molecule has 0 N–H and O–H groups in total. The van der Waals surface area contributed by atoms with Crippen molar-refractivity contribution in [3.8, 4) is 61.8 Å². The Bertz CT molecular complexity index is 4410. The number of hydrogen-bond donors (Lipinski definition) is 0. The maximum absolute atomic E-state index is 5.55. The predicted octanol–water partition coefficient (Wildman–Crippen LogP) is 18.1. The van der Waals surface area contributed by atoms with Crippen molar-refractivity contribution in [2.24, 2.45) is 0 Å². The van der Waals surface area contributed by atoms with Crippen LogP contribution in [0.3, 0.4) is 0 Å². The Kier molecular flexibility index (Phi) is 9.48. The Morgan fingerprint density at radius 3 is 1.42 bits per heavy atom. The lowest BCUT2D eigenvalue weighted by Gasteiger charge is -2.33. The molecule has 74 heavy (non-hydrogen) atoms. The molecule has 14 aromatic rings. The second-order valence-electron chi connectivity index (χ2n) is 19.6. The summed E-state index contributed by atoms with van der Waals surface area (Å²) in [6, 6.07) is 99.6. The van der Waals surface area contributed by atoms with Crippen LogP contribution in [-0.4, -0.2) is 14.5 Å². The molecule has 3 nitrogen and oxygen atoms in total. The predicted molar refractivity (Wildman–Crippen MR) is 308 cm³/mol. The van der Waals surface area contributed by atoms with Gasteiger partial charge in [0.2, 0.25) is 0 Å². The summed E-state index contributed by atoms with van der Waals surface area (Å²) in [5, 5.41) is 9.95. The standard InChI is InChI=1S/C71H45N3/c1-4-21-46(22-5-1)70-72-65(45-66(73-70)61-34-20-36-64-69(61)60-33-14-17-35-63(60)71(64,50-23-6-2-7-24-50)51-25-8-3-9-26-51)49-41-48(42-52(43-49)74-67-37-18-15-31-58(67)59-32-16-19-38-68(59)74)47-39-40-57-55-29-11-10-27-53(55)54-28-12-13-30-56(54)62(57)44-47/h1-45H. The van der Waals surface area contributed by atoms with Crippen LogP contribution in [-0.2, 0) is 5.41 Å². The number of benzene rings is 12. The van der Waals surface area contributed by atoms with Crippen LogP contribution in [0, 0.1) is 0 Å². The van der Waals surface area contributed by atoms with E-state index in [1.807, 2.05) is 0 Å². The zero-order valence-electron chi connectivity index (χ0n) is 40.3. The summed E-state index contributed by atoms with van der Waals surface area (Å²) in [5.74, 6) is 0.673. The van der Waals surface area contributed by atoms with Gasteiger partial charge in [0.05, 0.1) is 27.8 Å². The van der Waals surface area contributed by atoms with Crippen molar-refractivity contribution >= 4 is 54.1 Å². The third-order valence-electron chi connectivity index (χ3n) is 15.6. The molecule has 1 aliphatic rings. The summed E-state index contributed by atoms with van der Waals surface area (Å²) in [6.45, 7) is 0. The van der Waals surface area contributed by atoms with Crippen LogP contribution >= 0.6 is 0 Å². The molecule has 0 bridgehead atoms. The van der Waals surface area contributed by atoms with E-state index in [2.05, 4.69) is 278 Å². The van der Waals surface area contributed by atoms with E-state index in [9.17, 15) is 0 Å². The molecule has 0 spiro atoms. The molecule has 0 aliphatic heterocycles. The third-order valence-corrected chi connectivity index (χ3v) is 15.6. The van der Waals surface area contributed by atoms with Crippen LogP contribution in [0.1, 0.15) is 22.3 Å². The fourth-order valence-electron chi connectivity index (χ4n) is 12.5. The van der Waals surface area contributed by atoms with E-state index in [1.54, 1.807) is 0 Å². The Morgan fingerprint density at radius 1 is 0.284 bits per heavy atom. The Hall–Kier alpha value is -9.70. The van der Waals surface area contributed by atoms with Gasteiger partial charge in [0.25, 0.3) is 0 Å². The fourth-order valence-corrected chi connectivity index (χ4v) is 12.5. The van der Waals surface area contributed by atoms with Crippen molar-refractivity contribution in [2.45, 2.75) is 5.41 Å². The van der Waals surface area contributed by atoms with Crippen LogP contribution < -0.4 is 0 Å². The van der Waals surface area contributed by atoms with E-state index in [1.165, 1.54) is 76.5 Å². The number of fused-ring (bicyclic) bond motifs is 12. The average Bonchev–Trinajstić information content (AvgIpc) is 4.05. The van der Waals surface area contributed by atoms with Crippen LogP contribution in [0.2, 0.25) is 0 Å². The van der Waals surface area contributed by atoms with Gasteiger partial charge in [-0.2, -0.15) is 0 Å². The lowest BCUT2D eigenvalue weighted by molar-refractivity contribution is 0.768. The SMILES string of the molecule is c1ccc(-c2nc(-c3cc(-c4ccc5c6ccccc6c6ccccc6c5c4)cc(-n4c5ccccc5c5ccccc54)c3)cc(-c3cccc4c3-c3ccccc3C4(c3ccccc3)c3ccccc3)n2)cc1. The molecule has 0 fully saturated rings. The molecule has 0 saturated carbocycles. The highest BCUT2D eigenvalue weighted by Gasteiger charge is 2.47. The Labute approximate surface area is 429 Å². The summed E-state index contributed by atoms with van der Waals surface area (Å²) in [7, 11) is 0. The minimum absolute atomic E-state index is 0.550. The van der Waals surface area contributed by atoms with E-state index < -0.39 is 5.41 Å².